The summed E-state index contributed by atoms with van der Waals surface area (Å²) in [5, 5.41) is 22.0. The Bertz CT molecular complexity index is 695. The highest BCUT2D eigenvalue weighted by atomic mass is 32.2. The molecule has 3 N–H and O–H groups in total. The summed E-state index contributed by atoms with van der Waals surface area (Å²) in [7, 11) is -3.60. The minimum atomic E-state index is -3.60. The van der Waals surface area contributed by atoms with E-state index in [1.165, 1.54) is 4.31 Å². The molecule has 25 heavy (non-hydrogen) atoms. The molecule has 0 aliphatic heterocycles. The van der Waals surface area contributed by atoms with Crippen molar-refractivity contribution in [1.29, 1.82) is 0 Å². The number of benzene rings is 1. The van der Waals surface area contributed by atoms with Crippen molar-refractivity contribution in [3.63, 3.8) is 0 Å². The zero-order valence-corrected chi connectivity index (χ0v) is 16.2. The lowest BCUT2D eigenvalue weighted by atomic mass is 10.0. The van der Waals surface area contributed by atoms with Crippen molar-refractivity contribution in [3.05, 3.63) is 28.8 Å². The van der Waals surface area contributed by atoms with Gasteiger partial charge in [0.15, 0.2) is 0 Å². The normalized spacial score (nSPS) is 14.2. The number of hydrogen-bond acceptors (Lipinski definition) is 5. The van der Waals surface area contributed by atoms with Gasteiger partial charge in [-0.05, 0) is 38.3 Å². The summed E-state index contributed by atoms with van der Waals surface area (Å²) in [6.07, 6.45) is 0.426. The van der Waals surface area contributed by atoms with Crippen LogP contribution >= 0.6 is 0 Å². The molecule has 0 aromatic heterocycles. The van der Waals surface area contributed by atoms with Crippen LogP contribution in [0.25, 0.3) is 0 Å². The predicted molar refractivity (Wildman–Crippen MR) is 98.6 cm³/mol. The van der Waals surface area contributed by atoms with Crippen LogP contribution in [-0.2, 0) is 14.8 Å². The first-order chi connectivity index (χ1) is 11.5. The maximum absolute atomic E-state index is 12.3. The second kappa shape index (κ2) is 8.64. The predicted octanol–water partition coefficient (Wildman–Crippen LogP) is 1.19. The van der Waals surface area contributed by atoms with E-state index in [4.69, 9.17) is 5.11 Å². The third-order valence-corrected chi connectivity index (χ3v) is 5.10. The lowest BCUT2D eigenvalue weighted by molar-refractivity contribution is -0.139. The number of rotatable bonds is 9. The van der Waals surface area contributed by atoms with E-state index in [9.17, 15) is 18.3 Å². The van der Waals surface area contributed by atoms with Crippen molar-refractivity contribution >= 4 is 21.7 Å². The summed E-state index contributed by atoms with van der Waals surface area (Å²) in [5.41, 5.74) is 3.19. The molecule has 0 unspecified atom stereocenters. The molecule has 0 fully saturated rings. The Kier molecular flexibility index (Phi) is 7.40. The molecule has 0 saturated carbocycles. The van der Waals surface area contributed by atoms with E-state index < -0.39 is 28.1 Å². The van der Waals surface area contributed by atoms with Crippen LogP contribution in [0.1, 0.15) is 30.0 Å². The van der Waals surface area contributed by atoms with Gasteiger partial charge >= 0.3 is 5.97 Å². The average molecular weight is 372 g/mol. The quantitative estimate of drug-likeness (QED) is 0.601. The van der Waals surface area contributed by atoms with Crippen molar-refractivity contribution in [2.75, 3.05) is 23.7 Å². The number of carbonyl (C=O) groups is 1. The standard InChI is InChI=1S/C17H28N2O5S/c1-6-15(17(21)22)18-9-14(20)10-19(25(5,23)24)16-12(3)7-11(2)8-13(16)4/h7-8,14-15,18,20H,6,9-10H2,1-5H3,(H,21,22)/t14-,15+/m0/s1. The zero-order chi connectivity index (χ0) is 19.4. The van der Waals surface area contributed by atoms with Crippen LogP contribution in [0, 0.1) is 20.8 Å². The summed E-state index contributed by atoms with van der Waals surface area (Å²) in [6, 6.07) is 3.01. The van der Waals surface area contributed by atoms with Gasteiger partial charge in [0.2, 0.25) is 10.0 Å². The fourth-order valence-electron chi connectivity index (χ4n) is 2.90. The monoisotopic (exact) mass is 372 g/mol. The molecule has 0 saturated heterocycles. The number of nitrogens with zero attached hydrogens (tertiary/aromatic N) is 1. The third-order valence-electron chi connectivity index (χ3n) is 3.97. The third kappa shape index (κ3) is 5.98. The largest absolute Gasteiger partial charge is 0.480 e. The van der Waals surface area contributed by atoms with E-state index >= 15 is 0 Å². The smallest absolute Gasteiger partial charge is 0.320 e. The Morgan fingerprint density at radius 2 is 1.76 bits per heavy atom. The van der Waals surface area contributed by atoms with Gasteiger partial charge in [0.25, 0.3) is 0 Å². The Labute approximate surface area is 149 Å². The average Bonchev–Trinajstić information content (AvgIpc) is 2.44. The van der Waals surface area contributed by atoms with Crippen molar-refractivity contribution in [1.82, 2.24) is 5.32 Å². The van der Waals surface area contributed by atoms with Crippen molar-refractivity contribution in [2.24, 2.45) is 0 Å². The highest BCUT2D eigenvalue weighted by Crippen LogP contribution is 2.28. The number of sulfonamides is 1. The number of aliphatic carboxylic acids is 1. The van der Waals surface area contributed by atoms with Gasteiger partial charge in [0, 0.05) is 6.54 Å². The molecule has 0 bridgehead atoms. The minimum Gasteiger partial charge on any atom is -0.480 e. The molecule has 1 rings (SSSR count). The first-order valence-corrected chi connectivity index (χ1v) is 10.0. The van der Waals surface area contributed by atoms with Crippen molar-refractivity contribution in [2.45, 2.75) is 46.3 Å². The van der Waals surface area contributed by atoms with Gasteiger partial charge in [-0.25, -0.2) is 8.42 Å². The first-order valence-electron chi connectivity index (χ1n) is 8.17. The number of hydrogen-bond donors (Lipinski definition) is 3. The van der Waals surface area contributed by atoms with Crippen LogP contribution < -0.4 is 9.62 Å². The van der Waals surface area contributed by atoms with Crippen LogP contribution in [0.5, 0.6) is 0 Å². The SMILES string of the molecule is CC[C@@H](NC[C@H](O)CN(c1c(C)cc(C)cc1C)S(C)(=O)=O)C(=O)O. The van der Waals surface area contributed by atoms with Crippen molar-refractivity contribution in [3.8, 4) is 0 Å². The van der Waals surface area contributed by atoms with Crippen LogP contribution in [0.4, 0.5) is 5.69 Å². The molecule has 2 atom stereocenters. The molecule has 0 radical (unpaired) electrons. The van der Waals surface area contributed by atoms with Gasteiger partial charge in [0.1, 0.15) is 6.04 Å². The topological polar surface area (TPSA) is 107 Å². The van der Waals surface area contributed by atoms with Gasteiger partial charge in [-0.2, -0.15) is 0 Å². The second-order valence-electron chi connectivity index (χ2n) is 6.40. The van der Waals surface area contributed by atoms with E-state index in [1.54, 1.807) is 6.92 Å². The maximum Gasteiger partial charge on any atom is 0.320 e. The summed E-state index contributed by atoms with van der Waals surface area (Å²) < 4.78 is 25.7. The molecule has 0 aliphatic rings. The maximum atomic E-state index is 12.3. The highest BCUT2D eigenvalue weighted by molar-refractivity contribution is 7.92. The fraction of sp³-hybridized carbons (Fsp3) is 0.588. The van der Waals surface area contributed by atoms with Gasteiger partial charge in [-0.3, -0.25) is 9.10 Å². The molecule has 0 aliphatic carbocycles. The molecule has 8 heteroatoms. The number of aliphatic hydroxyl groups is 1. The lowest BCUT2D eigenvalue weighted by Gasteiger charge is -2.29. The second-order valence-corrected chi connectivity index (χ2v) is 8.31. The lowest BCUT2D eigenvalue weighted by Crippen LogP contribution is -2.45. The van der Waals surface area contributed by atoms with E-state index in [0.717, 1.165) is 22.9 Å². The van der Waals surface area contributed by atoms with E-state index in [2.05, 4.69) is 5.32 Å². The molecule has 1 aromatic rings. The van der Waals surface area contributed by atoms with Crippen molar-refractivity contribution < 1.29 is 23.4 Å². The molecule has 7 nitrogen and oxygen atoms in total. The van der Waals surface area contributed by atoms with Crippen LogP contribution in [-0.4, -0.2) is 56.1 Å². The molecule has 142 valence electrons. The Morgan fingerprint density at radius 1 is 1.24 bits per heavy atom. The minimum absolute atomic E-state index is 0.0131. The van der Waals surface area contributed by atoms with Crippen LogP contribution in [0.3, 0.4) is 0 Å². The molecule has 0 spiro atoms. The van der Waals surface area contributed by atoms with Gasteiger partial charge in [-0.15, -0.1) is 0 Å². The van der Waals surface area contributed by atoms with E-state index in [0.29, 0.717) is 12.1 Å². The van der Waals surface area contributed by atoms with Crippen LogP contribution in [0.15, 0.2) is 12.1 Å². The van der Waals surface area contributed by atoms with E-state index in [-0.39, 0.29) is 13.1 Å². The molecule has 0 amide bonds. The van der Waals surface area contributed by atoms with Gasteiger partial charge < -0.3 is 15.5 Å². The number of anilines is 1. The molecule has 1 aromatic carbocycles. The number of carboxylic acids is 1. The highest BCUT2D eigenvalue weighted by Gasteiger charge is 2.25. The number of aryl methyl sites for hydroxylation is 3. The summed E-state index contributed by atoms with van der Waals surface area (Å²) in [6.45, 7) is 7.16. The Morgan fingerprint density at radius 3 is 2.16 bits per heavy atom. The number of nitrogens with one attached hydrogen (secondary N) is 1. The Hall–Kier alpha value is -1.64. The van der Waals surface area contributed by atoms with Crippen LogP contribution in [0.2, 0.25) is 0 Å². The van der Waals surface area contributed by atoms with Gasteiger partial charge in [0.05, 0.1) is 24.6 Å². The molecular formula is C17H28N2O5S. The van der Waals surface area contributed by atoms with E-state index in [1.807, 2.05) is 32.9 Å². The molecular weight excluding hydrogens is 344 g/mol. The number of carboxylic acid groups (broad SMARTS) is 1. The summed E-state index contributed by atoms with van der Waals surface area (Å²) in [4.78, 5) is 11.0. The summed E-state index contributed by atoms with van der Waals surface area (Å²) in [5.74, 6) is -1.00. The fourth-order valence-corrected chi connectivity index (χ4v) is 3.96. The first kappa shape index (κ1) is 21.4. The van der Waals surface area contributed by atoms with Gasteiger partial charge in [-0.1, -0.05) is 24.6 Å². The summed E-state index contributed by atoms with van der Waals surface area (Å²) >= 11 is 0. The molecule has 0 heterocycles. The number of aliphatic hydroxyl groups excluding tert-OH is 1. The zero-order valence-electron chi connectivity index (χ0n) is 15.4. The Balaban J connectivity index is 3.01.